The van der Waals surface area contributed by atoms with Crippen LogP contribution in [-0.2, 0) is 35.1 Å². The lowest BCUT2D eigenvalue weighted by atomic mass is 10.0. The number of hydrogen-bond acceptors (Lipinski definition) is 7. The summed E-state index contributed by atoms with van der Waals surface area (Å²) in [5.74, 6) is 1.10. The summed E-state index contributed by atoms with van der Waals surface area (Å²) >= 11 is 0. The number of ether oxygens (including phenoxy) is 5. The first-order valence-electron chi connectivity index (χ1n) is 9.82. The standard InChI is InChI=1S/C22H27NO6/c1-6-10-15-17(27-21(2,3)26-15)18-16(19-20(25-18)29-22(4,5)28-19)23-24-13-14-11-8-7-9-12-14/h1,7-9,11-12,15,17-20H,10,13H2,2-5H3/b23-16-/t15-,17-,18+,19-,20-/m1/s1. The lowest BCUT2D eigenvalue weighted by molar-refractivity contribution is -0.211. The highest BCUT2D eigenvalue weighted by Crippen LogP contribution is 2.41. The topological polar surface area (TPSA) is 67.7 Å². The smallest absolute Gasteiger partial charge is 0.193 e. The van der Waals surface area contributed by atoms with E-state index in [2.05, 4.69) is 11.1 Å². The number of terminal acetylenes is 1. The molecule has 7 heteroatoms. The molecule has 0 bridgehead atoms. The minimum Gasteiger partial charge on any atom is -0.391 e. The first kappa shape index (κ1) is 20.3. The van der Waals surface area contributed by atoms with Crippen molar-refractivity contribution in [2.75, 3.05) is 0 Å². The zero-order valence-electron chi connectivity index (χ0n) is 17.2. The average molecular weight is 401 g/mol. The van der Waals surface area contributed by atoms with Crippen LogP contribution >= 0.6 is 0 Å². The molecule has 3 aliphatic heterocycles. The molecule has 0 N–H and O–H groups in total. The summed E-state index contributed by atoms with van der Waals surface area (Å²) in [4.78, 5) is 5.65. The van der Waals surface area contributed by atoms with Crippen LogP contribution in [0.2, 0.25) is 0 Å². The number of nitrogens with zero attached hydrogens (tertiary/aromatic N) is 1. The van der Waals surface area contributed by atoms with E-state index < -0.39 is 36.2 Å². The highest BCUT2D eigenvalue weighted by Gasteiger charge is 2.59. The second-order valence-electron chi connectivity index (χ2n) is 8.30. The maximum atomic E-state index is 6.16. The van der Waals surface area contributed by atoms with Gasteiger partial charge in [-0.1, -0.05) is 35.5 Å². The van der Waals surface area contributed by atoms with Crippen LogP contribution < -0.4 is 0 Å². The van der Waals surface area contributed by atoms with Crippen LogP contribution in [0.5, 0.6) is 0 Å². The third kappa shape index (κ3) is 4.32. The van der Waals surface area contributed by atoms with Gasteiger partial charge in [-0.25, -0.2) is 0 Å². The predicted octanol–water partition coefficient (Wildman–Crippen LogP) is 2.98. The van der Waals surface area contributed by atoms with E-state index in [0.29, 0.717) is 18.7 Å². The third-order valence-corrected chi connectivity index (χ3v) is 5.00. The van der Waals surface area contributed by atoms with E-state index in [4.69, 9.17) is 34.9 Å². The fourth-order valence-electron chi connectivity index (χ4n) is 3.90. The summed E-state index contributed by atoms with van der Waals surface area (Å²) in [5, 5.41) is 4.39. The van der Waals surface area contributed by atoms with Gasteiger partial charge in [-0.05, 0) is 33.3 Å². The van der Waals surface area contributed by atoms with Crippen LogP contribution in [0.25, 0.3) is 0 Å². The Bertz CT molecular complexity index is 799. The molecule has 0 aromatic heterocycles. The second-order valence-corrected chi connectivity index (χ2v) is 8.30. The first-order chi connectivity index (χ1) is 13.8. The molecule has 156 valence electrons. The molecular formula is C22H27NO6. The fraction of sp³-hybridized carbons (Fsp3) is 0.591. The summed E-state index contributed by atoms with van der Waals surface area (Å²) in [6.45, 7) is 7.72. The van der Waals surface area contributed by atoms with Crippen molar-refractivity contribution in [2.45, 2.75) is 83.0 Å². The van der Waals surface area contributed by atoms with Gasteiger partial charge in [0, 0.05) is 6.42 Å². The Balaban J connectivity index is 1.57. The minimum atomic E-state index is -0.774. The Morgan fingerprint density at radius 2 is 1.72 bits per heavy atom. The fourth-order valence-corrected chi connectivity index (χ4v) is 3.90. The van der Waals surface area contributed by atoms with Gasteiger partial charge in [-0.3, -0.25) is 0 Å². The molecule has 3 fully saturated rings. The Morgan fingerprint density at radius 3 is 2.45 bits per heavy atom. The van der Waals surface area contributed by atoms with Crippen molar-refractivity contribution in [2.24, 2.45) is 5.16 Å². The maximum absolute atomic E-state index is 6.16. The summed E-state index contributed by atoms with van der Waals surface area (Å²) in [6, 6.07) is 9.82. The van der Waals surface area contributed by atoms with E-state index in [1.54, 1.807) is 0 Å². The van der Waals surface area contributed by atoms with Crippen LogP contribution in [-0.4, -0.2) is 48.0 Å². The molecule has 0 radical (unpaired) electrons. The Kier molecular flexibility index (Phi) is 5.40. The Labute approximate surface area is 171 Å². The largest absolute Gasteiger partial charge is 0.391 e. The molecule has 4 rings (SSSR count). The van der Waals surface area contributed by atoms with Crippen molar-refractivity contribution in [3.8, 4) is 12.3 Å². The number of hydrogen-bond donors (Lipinski definition) is 0. The zero-order valence-corrected chi connectivity index (χ0v) is 17.2. The normalized spacial score (nSPS) is 36.1. The van der Waals surface area contributed by atoms with Crippen molar-refractivity contribution in [1.29, 1.82) is 0 Å². The molecule has 0 unspecified atom stereocenters. The lowest BCUT2D eigenvalue weighted by Gasteiger charge is -2.25. The van der Waals surface area contributed by atoms with Crippen LogP contribution in [0.15, 0.2) is 35.5 Å². The molecule has 5 atom stereocenters. The molecule has 1 aromatic rings. The number of benzene rings is 1. The summed E-state index contributed by atoms with van der Waals surface area (Å²) in [5.41, 5.74) is 1.60. The molecule has 3 saturated heterocycles. The molecule has 3 heterocycles. The molecule has 3 aliphatic rings. The van der Waals surface area contributed by atoms with Crippen LogP contribution in [0.1, 0.15) is 39.7 Å². The Morgan fingerprint density at radius 1 is 1.00 bits per heavy atom. The van der Waals surface area contributed by atoms with Gasteiger partial charge in [0.2, 0.25) is 0 Å². The zero-order chi connectivity index (χ0) is 20.6. The van der Waals surface area contributed by atoms with Gasteiger partial charge < -0.3 is 28.5 Å². The molecule has 0 saturated carbocycles. The summed E-state index contributed by atoms with van der Waals surface area (Å²) in [6.07, 6.45) is 3.54. The molecule has 0 aliphatic carbocycles. The van der Waals surface area contributed by atoms with Gasteiger partial charge in [0.25, 0.3) is 0 Å². The summed E-state index contributed by atoms with van der Waals surface area (Å²) in [7, 11) is 0. The summed E-state index contributed by atoms with van der Waals surface area (Å²) < 4.78 is 30.2. The minimum absolute atomic E-state index is 0.328. The number of oxime groups is 1. The van der Waals surface area contributed by atoms with E-state index in [0.717, 1.165) is 5.56 Å². The number of fused-ring (bicyclic) bond motifs is 1. The van der Waals surface area contributed by atoms with Gasteiger partial charge in [0.05, 0.1) is 0 Å². The average Bonchev–Trinajstić information content (AvgIpc) is 3.23. The van der Waals surface area contributed by atoms with Crippen molar-refractivity contribution in [3.05, 3.63) is 35.9 Å². The lowest BCUT2D eigenvalue weighted by Crippen LogP contribution is -2.42. The highest BCUT2D eigenvalue weighted by atomic mass is 16.8. The van der Waals surface area contributed by atoms with Gasteiger partial charge >= 0.3 is 0 Å². The van der Waals surface area contributed by atoms with E-state index in [-0.39, 0.29) is 6.10 Å². The van der Waals surface area contributed by atoms with Crippen molar-refractivity contribution in [1.82, 2.24) is 0 Å². The van der Waals surface area contributed by atoms with Crippen molar-refractivity contribution in [3.63, 3.8) is 0 Å². The van der Waals surface area contributed by atoms with Crippen LogP contribution in [0, 0.1) is 12.3 Å². The molecule has 1 aromatic carbocycles. The van der Waals surface area contributed by atoms with E-state index in [1.807, 2.05) is 58.0 Å². The molecule has 29 heavy (non-hydrogen) atoms. The first-order valence-corrected chi connectivity index (χ1v) is 9.82. The quantitative estimate of drug-likeness (QED) is 0.558. The molecular weight excluding hydrogens is 374 g/mol. The van der Waals surface area contributed by atoms with Gasteiger partial charge in [0.15, 0.2) is 24.0 Å². The predicted molar refractivity (Wildman–Crippen MR) is 105 cm³/mol. The van der Waals surface area contributed by atoms with Gasteiger partial charge in [-0.2, -0.15) is 0 Å². The molecule has 0 spiro atoms. The highest BCUT2D eigenvalue weighted by molar-refractivity contribution is 5.95. The molecule has 7 nitrogen and oxygen atoms in total. The monoisotopic (exact) mass is 401 g/mol. The van der Waals surface area contributed by atoms with Gasteiger partial charge in [0.1, 0.15) is 30.6 Å². The van der Waals surface area contributed by atoms with E-state index in [9.17, 15) is 0 Å². The van der Waals surface area contributed by atoms with Crippen molar-refractivity contribution < 1.29 is 28.5 Å². The Hall–Kier alpha value is -1.95. The third-order valence-electron chi connectivity index (χ3n) is 5.00. The molecule has 0 amide bonds. The second kappa shape index (κ2) is 7.71. The maximum Gasteiger partial charge on any atom is 0.193 e. The van der Waals surface area contributed by atoms with E-state index >= 15 is 0 Å². The van der Waals surface area contributed by atoms with E-state index in [1.165, 1.54) is 0 Å². The van der Waals surface area contributed by atoms with Crippen LogP contribution in [0.4, 0.5) is 0 Å². The van der Waals surface area contributed by atoms with Gasteiger partial charge in [-0.15, -0.1) is 12.3 Å². The van der Waals surface area contributed by atoms with Crippen molar-refractivity contribution >= 4 is 5.71 Å². The van der Waals surface area contributed by atoms with Crippen LogP contribution in [0.3, 0.4) is 0 Å². The number of rotatable bonds is 5. The SMILES string of the molecule is C#CC[C@H]1OC(C)(C)O[C@H]1[C@H]1O[C@@H]2OC(C)(C)O[C@@H]2/C1=N\OCc1ccccc1.